The maximum Gasteiger partial charge on any atom is 0.408 e. The Balaban J connectivity index is 2.57. The molecule has 0 aliphatic heterocycles. The Kier molecular flexibility index (Phi) is 7.91. The maximum atomic E-state index is 12.0. The quantitative estimate of drug-likeness (QED) is 0.645. The Morgan fingerprint density at radius 2 is 1.91 bits per heavy atom. The van der Waals surface area contributed by atoms with Gasteiger partial charge in [-0.2, -0.15) is 0 Å². The molecular formula is C17H29N3O2. The summed E-state index contributed by atoms with van der Waals surface area (Å²) in [5.74, 6) is 0. The Bertz CT molecular complexity index is 429. The summed E-state index contributed by atoms with van der Waals surface area (Å²) in [6.07, 6.45) is 1.37. The standard InChI is InChI=1S/C17H29N3O2/c1-17(2,3)22-16(21)20-15(10-13-19-12-7-11-18)14-8-5-4-6-9-14/h4-6,8-9,15,19H,7,10-13,18H2,1-3H3,(H,20,21). The number of hydrogen-bond acceptors (Lipinski definition) is 4. The van der Waals surface area contributed by atoms with Gasteiger partial charge in [-0.25, -0.2) is 4.79 Å². The Morgan fingerprint density at radius 3 is 2.50 bits per heavy atom. The van der Waals surface area contributed by atoms with E-state index in [-0.39, 0.29) is 12.1 Å². The van der Waals surface area contributed by atoms with E-state index >= 15 is 0 Å². The molecule has 22 heavy (non-hydrogen) atoms. The number of nitrogens with two attached hydrogens (primary N) is 1. The van der Waals surface area contributed by atoms with Crippen LogP contribution >= 0.6 is 0 Å². The highest BCUT2D eigenvalue weighted by Gasteiger charge is 2.20. The lowest BCUT2D eigenvalue weighted by Crippen LogP contribution is -2.36. The van der Waals surface area contributed by atoms with Gasteiger partial charge >= 0.3 is 6.09 Å². The number of rotatable bonds is 8. The third-order valence-electron chi connectivity index (χ3n) is 3.06. The fourth-order valence-corrected chi connectivity index (χ4v) is 2.06. The van der Waals surface area contributed by atoms with Crippen molar-refractivity contribution in [1.29, 1.82) is 0 Å². The van der Waals surface area contributed by atoms with Crippen molar-refractivity contribution >= 4 is 6.09 Å². The number of hydrogen-bond donors (Lipinski definition) is 3. The minimum Gasteiger partial charge on any atom is -0.444 e. The lowest BCUT2D eigenvalue weighted by Gasteiger charge is -2.24. The van der Waals surface area contributed by atoms with E-state index in [4.69, 9.17) is 10.5 Å². The van der Waals surface area contributed by atoms with Gasteiger partial charge in [0.15, 0.2) is 0 Å². The molecule has 1 rings (SSSR count). The number of benzene rings is 1. The van der Waals surface area contributed by atoms with Crippen LogP contribution in [0.3, 0.4) is 0 Å². The van der Waals surface area contributed by atoms with E-state index in [0.717, 1.165) is 31.5 Å². The molecule has 0 aromatic heterocycles. The minimum absolute atomic E-state index is 0.0681. The first-order chi connectivity index (χ1) is 10.4. The first-order valence-electron chi connectivity index (χ1n) is 7.87. The second-order valence-corrected chi connectivity index (χ2v) is 6.29. The lowest BCUT2D eigenvalue weighted by molar-refractivity contribution is 0.0501. The average molecular weight is 307 g/mol. The van der Waals surface area contributed by atoms with Crippen molar-refractivity contribution in [3.8, 4) is 0 Å². The summed E-state index contributed by atoms with van der Waals surface area (Å²) in [6, 6.07) is 9.88. The van der Waals surface area contributed by atoms with Crippen molar-refractivity contribution in [3.63, 3.8) is 0 Å². The van der Waals surface area contributed by atoms with Crippen molar-refractivity contribution in [2.45, 2.75) is 45.3 Å². The highest BCUT2D eigenvalue weighted by Crippen LogP contribution is 2.17. The predicted molar refractivity (Wildman–Crippen MR) is 89.7 cm³/mol. The van der Waals surface area contributed by atoms with Crippen LogP contribution in [0.4, 0.5) is 4.79 Å². The lowest BCUT2D eigenvalue weighted by atomic mass is 10.0. The summed E-state index contributed by atoms with van der Waals surface area (Å²) in [4.78, 5) is 12.0. The molecule has 1 amide bonds. The zero-order valence-corrected chi connectivity index (χ0v) is 13.9. The van der Waals surface area contributed by atoms with Gasteiger partial charge in [-0.1, -0.05) is 30.3 Å². The van der Waals surface area contributed by atoms with E-state index in [1.807, 2.05) is 51.1 Å². The number of amides is 1. The minimum atomic E-state index is -0.495. The number of alkyl carbamates (subject to hydrolysis) is 1. The van der Waals surface area contributed by atoms with Crippen LogP contribution in [0.5, 0.6) is 0 Å². The molecular weight excluding hydrogens is 278 g/mol. The molecule has 0 aliphatic carbocycles. The predicted octanol–water partition coefficient (Wildman–Crippen LogP) is 2.58. The van der Waals surface area contributed by atoms with Gasteiger partial charge in [-0.15, -0.1) is 0 Å². The fourth-order valence-electron chi connectivity index (χ4n) is 2.06. The molecule has 4 N–H and O–H groups in total. The van der Waals surface area contributed by atoms with E-state index in [2.05, 4.69) is 10.6 Å². The summed E-state index contributed by atoms with van der Waals surface area (Å²) in [5, 5.41) is 6.29. The molecule has 5 heteroatoms. The van der Waals surface area contributed by atoms with Gasteiger partial charge in [-0.3, -0.25) is 0 Å². The molecule has 5 nitrogen and oxygen atoms in total. The first kappa shape index (κ1) is 18.5. The SMILES string of the molecule is CC(C)(C)OC(=O)NC(CCNCCCN)c1ccccc1. The van der Waals surface area contributed by atoms with Crippen LogP contribution in [0.2, 0.25) is 0 Å². The molecule has 0 heterocycles. The highest BCUT2D eigenvalue weighted by atomic mass is 16.6. The number of carbonyl (C=O) groups is 1. The van der Waals surface area contributed by atoms with Crippen molar-refractivity contribution < 1.29 is 9.53 Å². The van der Waals surface area contributed by atoms with Crippen LogP contribution in [0.15, 0.2) is 30.3 Å². The summed E-state index contributed by atoms with van der Waals surface area (Å²) >= 11 is 0. The maximum absolute atomic E-state index is 12.0. The van der Waals surface area contributed by atoms with Crippen molar-refractivity contribution in [2.75, 3.05) is 19.6 Å². The summed E-state index contributed by atoms with van der Waals surface area (Å²) in [5.41, 5.74) is 6.06. The van der Waals surface area contributed by atoms with Crippen molar-refractivity contribution in [1.82, 2.24) is 10.6 Å². The van der Waals surface area contributed by atoms with Gasteiger partial charge in [0.2, 0.25) is 0 Å². The molecule has 124 valence electrons. The molecule has 0 bridgehead atoms. The zero-order chi connectivity index (χ0) is 16.4. The van der Waals surface area contributed by atoms with Crippen LogP contribution in [-0.4, -0.2) is 31.3 Å². The molecule has 0 fully saturated rings. The summed E-state index contributed by atoms with van der Waals surface area (Å²) in [6.45, 7) is 7.97. The van der Waals surface area contributed by atoms with Crippen LogP contribution in [-0.2, 0) is 4.74 Å². The largest absolute Gasteiger partial charge is 0.444 e. The second-order valence-electron chi connectivity index (χ2n) is 6.29. The molecule has 1 aromatic carbocycles. The van der Waals surface area contributed by atoms with E-state index in [0.29, 0.717) is 6.54 Å². The van der Waals surface area contributed by atoms with Gasteiger partial charge in [-0.05, 0) is 58.8 Å². The number of nitrogens with one attached hydrogen (secondary N) is 2. The third-order valence-corrected chi connectivity index (χ3v) is 3.06. The first-order valence-corrected chi connectivity index (χ1v) is 7.87. The second kappa shape index (κ2) is 9.43. The molecule has 0 saturated carbocycles. The monoisotopic (exact) mass is 307 g/mol. The van der Waals surface area contributed by atoms with E-state index < -0.39 is 5.60 Å². The van der Waals surface area contributed by atoms with Crippen LogP contribution in [0.25, 0.3) is 0 Å². The van der Waals surface area contributed by atoms with Crippen LogP contribution in [0, 0.1) is 0 Å². The topological polar surface area (TPSA) is 76.4 Å². The highest BCUT2D eigenvalue weighted by molar-refractivity contribution is 5.68. The Hall–Kier alpha value is -1.59. The van der Waals surface area contributed by atoms with E-state index in [1.165, 1.54) is 0 Å². The molecule has 1 aromatic rings. The summed E-state index contributed by atoms with van der Waals surface area (Å²) in [7, 11) is 0. The van der Waals surface area contributed by atoms with Gasteiger partial charge < -0.3 is 21.1 Å². The Morgan fingerprint density at radius 1 is 1.23 bits per heavy atom. The van der Waals surface area contributed by atoms with Gasteiger partial charge in [0.1, 0.15) is 5.60 Å². The summed E-state index contributed by atoms with van der Waals surface area (Å²) < 4.78 is 5.35. The van der Waals surface area contributed by atoms with Gasteiger partial charge in [0.25, 0.3) is 0 Å². The molecule has 0 saturated heterocycles. The average Bonchev–Trinajstić information content (AvgIpc) is 2.45. The molecule has 0 spiro atoms. The fraction of sp³-hybridized carbons (Fsp3) is 0.588. The van der Waals surface area contributed by atoms with Gasteiger partial charge in [0.05, 0.1) is 6.04 Å². The number of ether oxygens (including phenoxy) is 1. The van der Waals surface area contributed by atoms with Gasteiger partial charge in [0, 0.05) is 0 Å². The zero-order valence-electron chi connectivity index (χ0n) is 13.9. The van der Waals surface area contributed by atoms with Crippen LogP contribution < -0.4 is 16.4 Å². The molecule has 0 aliphatic rings. The number of carbonyl (C=O) groups excluding carboxylic acids is 1. The third kappa shape index (κ3) is 8.00. The van der Waals surface area contributed by atoms with Crippen LogP contribution in [0.1, 0.15) is 45.2 Å². The normalized spacial score (nSPS) is 12.7. The molecule has 0 radical (unpaired) electrons. The molecule has 1 unspecified atom stereocenters. The smallest absolute Gasteiger partial charge is 0.408 e. The molecule has 1 atom stereocenters. The Labute approximate surface area is 133 Å². The van der Waals surface area contributed by atoms with Crippen molar-refractivity contribution in [2.24, 2.45) is 5.73 Å². The van der Waals surface area contributed by atoms with Crippen molar-refractivity contribution in [3.05, 3.63) is 35.9 Å². The van der Waals surface area contributed by atoms with E-state index in [1.54, 1.807) is 0 Å². The van der Waals surface area contributed by atoms with E-state index in [9.17, 15) is 4.79 Å².